The normalized spacial score (nSPS) is 12.0. The number of hydrogen-bond donors (Lipinski definition) is 3. The van der Waals surface area contributed by atoms with E-state index < -0.39 is 49.0 Å². The van der Waals surface area contributed by atoms with Crippen molar-refractivity contribution in [3.63, 3.8) is 0 Å². The first-order valence-corrected chi connectivity index (χ1v) is 43.7. The molecular formula is C96H73BrO12S7. The van der Waals surface area contributed by atoms with Crippen LogP contribution in [0.3, 0.4) is 0 Å². The first-order chi connectivity index (χ1) is 56.4. The summed E-state index contributed by atoms with van der Waals surface area (Å²) in [6.07, 6.45) is 0. The van der Waals surface area contributed by atoms with Gasteiger partial charge >= 0.3 is 0 Å². The Morgan fingerprint density at radius 2 is 0.422 bits per heavy atom. The van der Waals surface area contributed by atoms with Crippen molar-refractivity contribution >= 4 is 112 Å². The fraction of sp³-hybridized carbons (Fsp3) is 0.0312. The van der Waals surface area contributed by atoms with Crippen molar-refractivity contribution in [2.75, 3.05) is 14.2 Å². The number of carbonyl (C=O) groups excluding carboxylic acids is 3. The lowest BCUT2D eigenvalue weighted by Crippen LogP contribution is -2.32. The van der Waals surface area contributed by atoms with Crippen molar-refractivity contribution in [3.8, 4) is 17.2 Å². The quantitative estimate of drug-likeness (QED) is 0.0381. The molecule has 3 N–H and O–H groups in total. The average molecular weight is 1720 g/mol. The van der Waals surface area contributed by atoms with E-state index in [-0.39, 0.29) is 34.6 Å². The standard InChI is InChI=1S/C27H24O4S2.2C25H18O3S2.C19H13BrO2S/c1-30-27(31-2,20-8-14-23(15-9-20)32-24-16-12-22(28)13-17-24)21-10-18-26(19-11-21)33(29)25-6-4-3-5-7-25;2*26-20-10-14-22(15-11-20)29-21-12-6-18(7-13-21)25(27)19-8-16-24(17-9-19)30(28)23-4-2-1-3-5-23;20-16-10-6-14(7-11-16)19(21)15-8-12-18(13-9-15)23(22)17-4-2-1-3-5-17/h3-19,28H,1-2H3;2*1-17,26H;1-13H. The number of halogens is 1. The minimum Gasteiger partial charge on any atom is -0.508 e. The Morgan fingerprint density at radius 3 is 0.647 bits per heavy atom. The molecule has 0 aliphatic carbocycles. The maximum atomic E-state index is 12.9. The summed E-state index contributed by atoms with van der Waals surface area (Å²) in [5.74, 6) is -0.568. The van der Waals surface area contributed by atoms with Gasteiger partial charge in [0.15, 0.2) is 17.3 Å². The lowest BCUT2D eigenvalue weighted by atomic mass is 9.97. The highest BCUT2D eigenvalue weighted by Crippen LogP contribution is 2.38. The van der Waals surface area contributed by atoms with Gasteiger partial charge < -0.3 is 24.8 Å². The molecule has 0 heterocycles. The molecule has 0 amide bonds. The lowest BCUT2D eigenvalue weighted by molar-refractivity contribution is -0.183. The molecule has 578 valence electrons. The molecule has 0 saturated carbocycles. The zero-order valence-corrected chi connectivity index (χ0v) is 69.5. The molecular weight excluding hydrogens is 1650 g/mol. The van der Waals surface area contributed by atoms with Crippen molar-refractivity contribution in [1.82, 2.24) is 0 Å². The second-order valence-corrected chi connectivity index (χ2v) is 35.6. The largest absolute Gasteiger partial charge is 0.508 e. The van der Waals surface area contributed by atoms with E-state index in [0.717, 1.165) is 64.6 Å². The van der Waals surface area contributed by atoms with Gasteiger partial charge in [0, 0.05) is 132 Å². The molecule has 0 aliphatic heterocycles. The summed E-state index contributed by atoms with van der Waals surface area (Å²) in [5, 5.41) is 28.2. The van der Waals surface area contributed by atoms with E-state index in [1.807, 2.05) is 243 Å². The van der Waals surface area contributed by atoms with Gasteiger partial charge in [-0.25, -0.2) is 16.8 Å². The lowest BCUT2D eigenvalue weighted by Gasteiger charge is -2.32. The zero-order valence-electron chi connectivity index (χ0n) is 62.2. The number of rotatable bonds is 24. The molecule has 15 rings (SSSR count). The molecule has 0 radical (unpaired) electrons. The van der Waals surface area contributed by atoms with Crippen molar-refractivity contribution in [1.29, 1.82) is 0 Å². The van der Waals surface area contributed by atoms with Crippen LogP contribution in [0.25, 0.3) is 0 Å². The summed E-state index contributed by atoms with van der Waals surface area (Å²) >= 11 is 8.08. The molecule has 15 aromatic carbocycles. The predicted octanol–water partition coefficient (Wildman–Crippen LogP) is 22.9. The van der Waals surface area contributed by atoms with Crippen molar-refractivity contribution < 1.29 is 56.0 Å². The van der Waals surface area contributed by atoms with Crippen LogP contribution in [0.2, 0.25) is 0 Å². The van der Waals surface area contributed by atoms with Crippen molar-refractivity contribution in [3.05, 3.63) is 437 Å². The number of benzene rings is 15. The number of ketones is 3. The summed E-state index contributed by atoms with van der Waals surface area (Å²) in [5.41, 5.74) is 5.18. The third kappa shape index (κ3) is 22.6. The number of methoxy groups -OCH3 is 2. The number of carbonyl (C=O) groups is 3. The van der Waals surface area contributed by atoms with Crippen LogP contribution in [0.4, 0.5) is 0 Å². The summed E-state index contributed by atoms with van der Waals surface area (Å²) in [4.78, 5) is 49.8. The van der Waals surface area contributed by atoms with Gasteiger partial charge in [-0.15, -0.1) is 0 Å². The van der Waals surface area contributed by atoms with Crippen LogP contribution >= 0.6 is 51.2 Å². The van der Waals surface area contributed by atoms with E-state index in [2.05, 4.69) is 15.9 Å². The van der Waals surface area contributed by atoms with Crippen LogP contribution in [-0.2, 0) is 58.5 Å². The Morgan fingerprint density at radius 1 is 0.250 bits per heavy atom. The predicted molar refractivity (Wildman–Crippen MR) is 465 cm³/mol. The number of hydrogen-bond acceptors (Lipinski definition) is 15. The molecule has 0 aromatic heterocycles. The van der Waals surface area contributed by atoms with E-state index in [4.69, 9.17) is 9.47 Å². The van der Waals surface area contributed by atoms with Gasteiger partial charge in [0.25, 0.3) is 0 Å². The van der Waals surface area contributed by atoms with Crippen LogP contribution in [0, 0.1) is 0 Å². The third-order valence-electron chi connectivity index (χ3n) is 17.6. The Kier molecular flexibility index (Phi) is 30.0. The molecule has 4 unspecified atom stereocenters. The summed E-state index contributed by atoms with van der Waals surface area (Å²) in [7, 11) is -1.80. The smallest absolute Gasteiger partial charge is 0.221 e. The van der Waals surface area contributed by atoms with Gasteiger partial charge in [0.2, 0.25) is 5.79 Å². The van der Waals surface area contributed by atoms with Gasteiger partial charge in [-0.2, -0.15) is 0 Å². The summed E-state index contributed by atoms with van der Waals surface area (Å²) < 4.78 is 63.2. The molecule has 12 nitrogen and oxygen atoms in total. The molecule has 0 saturated heterocycles. The Balaban J connectivity index is 0.000000144. The van der Waals surface area contributed by atoms with E-state index in [0.29, 0.717) is 53.0 Å². The number of phenolic OH excluding ortho intramolecular Hbond substituents is 3. The van der Waals surface area contributed by atoms with Crippen molar-refractivity contribution in [2.24, 2.45) is 0 Å². The zero-order chi connectivity index (χ0) is 81.3. The van der Waals surface area contributed by atoms with Crippen molar-refractivity contribution in [2.45, 2.75) is 74.3 Å². The number of ether oxygens (including phenoxy) is 2. The van der Waals surface area contributed by atoms with Gasteiger partial charge in [-0.05, 0) is 291 Å². The van der Waals surface area contributed by atoms with Gasteiger partial charge in [0.1, 0.15) is 17.2 Å². The maximum Gasteiger partial charge on any atom is 0.221 e. The third-order valence-corrected chi connectivity index (χ3v) is 26.8. The molecule has 0 spiro atoms. The monoisotopic (exact) mass is 1720 g/mol. The summed E-state index contributed by atoms with van der Waals surface area (Å²) in [6.45, 7) is 0. The highest BCUT2D eigenvalue weighted by atomic mass is 79.9. The van der Waals surface area contributed by atoms with Gasteiger partial charge in [-0.3, -0.25) is 14.4 Å². The molecule has 0 fully saturated rings. The number of aromatic hydroxyl groups is 3. The van der Waals surface area contributed by atoms with Crippen LogP contribution in [0.5, 0.6) is 17.2 Å². The van der Waals surface area contributed by atoms with E-state index in [1.165, 1.54) is 0 Å². The molecule has 20 heteroatoms. The molecule has 0 aliphatic rings. The molecule has 0 bridgehead atoms. The fourth-order valence-corrected chi connectivity index (χ4v) is 18.5. The minimum atomic E-state index is -1.27. The minimum absolute atomic E-state index is 0.0467. The molecule has 15 aromatic rings. The molecule has 116 heavy (non-hydrogen) atoms. The Hall–Kier alpha value is -11.2. The Bertz CT molecular complexity index is 5650. The van der Waals surface area contributed by atoms with Crippen LogP contribution in [-0.4, -0.2) is 63.7 Å². The second kappa shape index (κ2) is 41.4. The SMILES string of the molecule is COC(OC)(c1ccc(Sc2ccc(O)cc2)cc1)c1ccc(S(=O)c2ccccc2)cc1.O=C(c1ccc(Br)cc1)c1ccc(S(=O)c2ccccc2)cc1.O=C(c1ccc(Sc2ccc(O)cc2)cc1)c1ccc(S(=O)c2ccccc2)cc1.O=C(c1ccc(Sc2ccc(O)cc2)cc1)c1ccc(S(=O)c2ccccc2)cc1. The highest BCUT2D eigenvalue weighted by Gasteiger charge is 2.35. The first kappa shape index (κ1) is 84.2. The highest BCUT2D eigenvalue weighted by molar-refractivity contribution is 9.10. The second-order valence-electron chi connectivity index (χ2n) is 25.3. The molecule has 4 atom stereocenters. The average Bonchev–Trinajstić information content (AvgIpc) is 0.781. The topological polar surface area (TPSA) is 199 Å². The van der Waals surface area contributed by atoms with E-state index in [1.54, 1.807) is 195 Å². The maximum absolute atomic E-state index is 12.9. The van der Waals surface area contributed by atoms with Crippen LogP contribution < -0.4 is 0 Å². The van der Waals surface area contributed by atoms with E-state index in [9.17, 15) is 46.5 Å². The first-order valence-electron chi connectivity index (χ1n) is 35.9. The van der Waals surface area contributed by atoms with Crippen LogP contribution in [0.15, 0.2) is 461 Å². The number of phenols is 3. The summed E-state index contributed by atoms with van der Waals surface area (Å²) in [6, 6.07) is 117. The van der Waals surface area contributed by atoms with Gasteiger partial charge in [-0.1, -0.05) is 148 Å². The van der Waals surface area contributed by atoms with Gasteiger partial charge in [0.05, 0.1) is 43.2 Å². The fourth-order valence-electron chi connectivity index (χ4n) is 11.6. The Labute approximate surface area is 704 Å². The van der Waals surface area contributed by atoms with E-state index >= 15 is 0 Å². The van der Waals surface area contributed by atoms with Crippen LogP contribution in [0.1, 0.15) is 58.9 Å².